The fourth-order valence-electron chi connectivity index (χ4n) is 2.85. The predicted octanol–water partition coefficient (Wildman–Crippen LogP) is 4.56. The number of aromatic amines is 1. The van der Waals surface area contributed by atoms with Crippen LogP contribution in [0.2, 0.25) is 0 Å². The molecule has 0 aliphatic heterocycles. The van der Waals surface area contributed by atoms with Crippen LogP contribution in [0.15, 0.2) is 35.6 Å². The quantitative estimate of drug-likeness (QED) is 0.329. The van der Waals surface area contributed by atoms with Crippen LogP contribution in [0.4, 0.5) is 0 Å². The second kappa shape index (κ2) is 10.2. The number of unbranched alkanes of at least 4 members (excludes halogenated alkanes) is 7. The van der Waals surface area contributed by atoms with Crippen LogP contribution in [0.3, 0.4) is 0 Å². The van der Waals surface area contributed by atoms with Crippen molar-refractivity contribution in [2.45, 2.75) is 58.3 Å². The molecule has 6 heteroatoms. The van der Waals surface area contributed by atoms with Crippen molar-refractivity contribution in [3.8, 4) is 0 Å². The fourth-order valence-corrected chi connectivity index (χ4v) is 3.74. The minimum Gasteiger partial charge on any atom is -0.361 e. The van der Waals surface area contributed by atoms with Gasteiger partial charge in [-0.25, -0.2) is 13.2 Å². The van der Waals surface area contributed by atoms with Crippen molar-refractivity contribution in [1.82, 2.24) is 9.82 Å². The van der Waals surface area contributed by atoms with Crippen molar-refractivity contribution >= 4 is 27.1 Å². The van der Waals surface area contributed by atoms with Crippen molar-refractivity contribution in [2.75, 3.05) is 5.75 Å². The summed E-state index contributed by atoms with van der Waals surface area (Å²) in [5.74, 6) is 0.132. The van der Waals surface area contributed by atoms with E-state index in [1.807, 2.05) is 30.5 Å². The van der Waals surface area contributed by atoms with Gasteiger partial charge in [0.1, 0.15) is 0 Å². The number of sulfonamides is 1. The van der Waals surface area contributed by atoms with E-state index in [0.29, 0.717) is 6.42 Å². The fraction of sp³-hybridized carbons (Fsp3) is 0.526. The van der Waals surface area contributed by atoms with Crippen molar-refractivity contribution in [1.29, 1.82) is 0 Å². The van der Waals surface area contributed by atoms with E-state index in [1.165, 1.54) is 32.1 Å². The molecule has 2 N–H and O–H groups in total. The summed E-state index contributed by atoms with van der Waals surface area (Å²) in [5.41, 5.74) is 1.87. The van der Waals surface area contributed by atoms with Crippen LogP contribution < -0.4 is 4.83 Å². The maximum Gasteiger partial charge on any atom is 0.247 e. The topological polar surface area (TPSA) is 74.3 Å². The molecule has 1 heterocycles. The zero-order valence-electron chi connectivity index (χ0n) is 15.0. The van der Waals surface area contributed by atoms with Gasteiger partial charge in [-0.3, -0.25) is 0 Å². The number of rotatable bonds is 12. The highest BCUT2D eigenvalue weighted by atomic mass is 32.2. The molecule has 2 rings (SSSR count). The van der Waals surface area contributed by atoms with E-state index in [4.69, 9.17) is 0 Å². The standard InChI is InChI=1S/C19H29N3O2S/c1-2-3-4-5-6-7-8-11-14-25(23,24)22-21-16-17-15-20-19-13-10-9-12-18(17)19/h9-10,12-13,15-16,20,22H,2-8,11,14H2,1H3. The largest absolute Gasteiger partial charge is 0.361 e. The van der Waals surface area contributed by atoms with Gasteiger partial charge >= 0.3 is 0 Å². The molecule has 0 radical (unpaired) electrons. The number of fused-ring (bicyclic) bond motifs is 1. The lowest BCUT2D eigenvalue weighted by Crippen LogP contribution is -2.21. The molecule has 5 nitrogen and oxygen atoms in total. The van der Waals surface area contributed by atoms with Crippen LogP contribution in [0.25, 0.3) is 10.9 Å². The first-order chi connectivity index (χ1) is 12.1. The lowest BCUT2D eigenvalue weighted by atomic mass is 10.1. The van der Waals surface area contributed by atoms with E-state index in [2.05, 4.69) is 21.8 Å². The maximum atomic E-state index is 12.0. The molecule has 0 fully saturated rings. The Morgan fingerprint density at radius 3 is 2.48 bits per heavy atom. The van der Waals surface area contributed by atoms with E-state index in [9.17, 15) is 8.42 Å². The Balaban J connectivity index is 1.69. The van der Waals surface area contributed by atoms with Crippen molar-refractivity contribution in [3.05, 3.63) is 36.0 Å². The van der Waals surface area contributed by atoms with Gasteiger partial charge in [-0.1, -0.05) is 70.1 Å². The molecule has 0 unspecified atom stereocenters. The third-order valence-electron chi connectivity index (χ3n) is 4.28. The summed E-state index contributed by atoms with van der Waals surface area (Å²) >= 11 is 0. The molecule has 1 aromatic carbocycles. The van der Waals surface area contributed by atoms with E-state index in [-0.39, 0.29) is 5.75 Å². The molecule has 1 aromatic heterocycles. The SMILES string of the molecule is CCCCCCCCCCS(=O)(=O)NN=Cc1c[nH]c2ccccc12. The van der Waals surface area contributed by atoms with E-state index in [0.717, 1.165) is 29.3 Å². The van der Waals surface area contributed by atoms with Gasteiger partial charge < -0.3 is 4.98 Å². The van der Waals surface area contributed by atoms with Gasteiger partial charge in [0.05, 0.1) is 12.0 Å². The van der Waals surface area contributed by atoms with Gasteiger partial charge in [0.25, 0.3) is 0 Å². The first-order valence-corrected chi connectivity index (χ1v) is 10.9. The molecular formula is C19H29N3O2S. The lowest BCUT2D eigenvalue weighted by Gasteiger charge is -2.03. The van der Waals surface area contributed by atoms with Gasteiger partial charge in [0.15, 0.2) is 0 Å². The van der Waals surface area contributed by atoms with E-state index in [1.54, 1.807) is 6.21 Å². The number of hydrazone groups is 1. The minimum absolute atomic E-state index is 0.132. The second-order valence-electron chi connectivity index (χ2n) is 6.43. The third-order valence-corrected chi connectivity index (χ3v) is 5.49. The van der Waals surface area contributed by atoms with Crippen LogP contribution in [-0.4, -0.2) is 25.4 Å². The molecule has 0 atom stereocenters. The molecule has 2 aromatic rings. The smallest absolute Gasteiger partial charge is 0.247 e. The van der Waals surface area contributed by atoms with Crippen molar-refractivity contribution in [2.24, 2.45) is 5.10 Å². The molecule has 0 aliphatic rings. The average Bonchev–Trinajstić information content (AvgIpc) is 3.00. The highest BCUT2D eigenvalue weighted by molar-refractivity contribution is 7.89. The summed E-state index contributed by atoms with van der Waals surface area (Å²) < 4.78 is 23.9. The van der Waals surface area contributed by atoms with Crippen LogP contribution in [-0.2, 0) is 10.0 Å². The number of nitrogens with zero attached hydrogens (tertiary/aromatic N) is 1. The van der Waals surface area contributed by atoms with Crippen molar-refractivity contribution in [3.63, 3.8) is 0 Å². The molecule has 138 valence electrons. The summed E-state index contributed by atoms with van der Waals surface area (Å²) in [6.07, 6.45) is 12.4. The number of para-hydroxylation sites is 1. The van der Waals surface area contributed by atoms with Crippen LogP contribution in [0.1, 0.15) is 63.9 Å². The van der Waals surface area contributed by atoms with Gasteiger partial charge in [0, 0.05) is 22.7 Å². The molecule has 0 aliphatic carbocycles. The number of nitrogens with one attached hydrogen (secondary N) is 2. The highest BCUT2D eigenvalue weighted by Gasteiger charge is 2.08. The zero-order valence-corrected chi connectivity index (χ0v) is 15.8. The Kier molecular flexibility index (Phi) is 7.98. The van der Waals surface area contributed by atoms with Gasteiger partial charge in [-0.2, -0.15) is 5.10 Å². The summed E-state index contributed by atoms with van der Waals surface area (Å²) in [4.78, 5) is 5.44. The Morgan fingerprint density at radius 2 is 1.72 bits per heavy atom. The maximum absolute atomic E-state index is 12.0. The normalized spacial score (nSPS) is 12.2. The number of aromatic nitrogens is 1. The number of hydrogen-bond acceptors (Lipinski definition) is 3. The Labute approximate surface area is 151 Å². The molecule has 0 bridgehead atoms. The first-order valence-electron chi connectivity index (χ1n) is 9.21. The summed E-state index contributed by atoms with van der Waals surface area (Å²) in [6.45, 7) is 2.21. The average molecular weight is 364 g/mol. The molecule has 0 spiro atoms. The van der Waals surface area contributed by atoms with Gasteiger partial charge in [-0.05, 0) is 12.5 Å². The lowest BCUT2D eigenvalue weighted by molar-refractivity contribution is 0.566. The zero-order chi connectivity index (χ0) is 18.0. The molecular weight excluding hydrogens is 334 g/mol. The van der Waals surface area contributed by atoms with Crippen LogP contribution >= 0.6 is 0 Å². The third kappa shape index (κ3) is 6.90. The summed E-state index contributed by atoms with van der Waals surface area (Å²) in [7, 11) is -3.35. The number of hydrogen-bond donors (Lipinski definition) is 2. The highest BCUT2D eigenvalue weighted by Crippen LogP contribution is 2.15. The minimum atomic E-state index is -3.35. The summed E-state index contributed by atoms with van der Waals surface area (Å²) in [5, 5.41) is 4.92. The molecule has 0 amide bonds. The predicted molar refractivity (Wildman–Crippen MR) is 105 cm³/mol. The number of H-pyrrole nitrogens is 1. The second-order valence-corrected chi connectivity index (χ2v) is 8.25. The van der Waals surface area contributed by atoms with Crippen LogP contribution in [0, 0.1) is 0 Å². The Bertz CT molecular complexity index is 766. The Hall–Kier alpha value is -1.82. The first kappa shape index (κ1) is 19.5. The van der Waals surface area contributed by atoms with Crippen LogP contribution in [0.5, 0.6) is 0 Å². The molecule has 25 heavy (non-hydrogen) atoms. The van der Waals surface area contributed by atoms with E-state index < -0.39 is 10.0 Å². The van der Waals surface area contributed by atoms with Gasteiger partial charge in [0.2, 0.25) is 10.0 Å². The molecule has 0 saturated carbocycles. The van der Waals surface area contributed by atoms with E-state index >= 15 is 0 Å². The Morgan fingerprint density at radius 1 is 1.04 bits per heavy atom. The number of benzene rings is 1. The monoisotopic (exact) mass is 363 g/mol. The van der Waals surface area contributed by atoms with Gasteiger partial charge in [-0.15, -0.1) is 0 Å². The molecule has 0 saturated heterocycles. The summed E-state index contributed by atoms with van der Waals surface area (Å²) in [6, 6.07) is 7.84. The van der Waals surface area contributed by atoms with Crippen molar-refractivity contribution < 1.29 is 8.42 Å².